The number of rotatable bonds is 7. The largest absolute Gasteiger partial charge is 0.380 e. The van der Waals surface area contributed by atoms with E-state index in [9.17, 15) is 31.9 Å². The van der Waals surface area contributed by atoms with Crippen molar-refractivity contribution in [3.05, 3.63) is 63.1 Å². The van der Waals surface area contributed by atoms with Crippen molar-refractivity contribution in [1.82, 2.24) is 14.5 Å². The van der Waals surface area contributed by atoms with Crippen molar-refractivity contribution in [2.24, 2.45) is 0 Å². The van der Waals surface area contributed by atoms with Crippen LogP contribution in [0.25, 0.3) is 0 Å². The molecule has 2 amide bonds. The van der Waals surface area contributed by atoms with Gasteiger partial charge in [0.05, 0.1) is 27.9 Å². The van der Waals surface area contributed by atoms with Crippen LogP contribution in [0.1, 0.15) is 35.7 Å². The number of anilines is 1. The number of nitrogens with zero attached hydrogens (tertiary/aromatic N) is 2. The van der Waals surface area contributed by atoms with Crippen molar-refractivity contribution in [2.45, 2.75) is 37.5 Å². The number of hydrogen-bond acceptors (Lipinski definition) is 7. The zero-order chi connectivity index (χ0) is 28.7. The van der Waals surface area contributed by atoms with Gasteiger partial charge in [0, 0.05) is 44.0 Å². The summed E-state index contributed by atoms with van der Waals surface area (Å²) in [6.45, 7) is 3.46. The minimum Gasteiger partial charge on any atom is -0.380 e. The molecule has 2 fully saturated rings. The molecule has 2 aliphatic heterocycles. The van der Waals surface area contributed by atoms with E-state index in [0.29, 0.717) is 50.8 Å². The molecule has 0 saturated carbocycles. The lowest BCUT2D eigenvalue weighted by Crippen LogP contribution is -2.61. The lowest BCUT2D eigenvalue weighted by atomic mass is 9.91. The van der Waals surface area contributed by atoms with Crippen LogP contribution in [0.3, 0.4) is 0 Å². The lowest BCUT2D eigenvalue weighted by Gasteiger charge is -2.48. The maximum Gasteiger partial charge on any atom is 0.267 e. The van der Waals surface area contributed by atoms with E-state index in [1.165, 1.54) is 24.0 Å². The van der Waals surface area contributed by atoms with E-state index in [1.807, 2.05) is 4.72 Å². The number of halogens is 4. The Morgan fingerprint density at radius 1 is 1.02 bits per heavy atom. The van der Waals surface area contributed by atoms with Crippen LogP contribution in [-0.2, 0) is 20.4 Å². The number of hydrogen-bond donors (Lipinski definition) is 3. The molecule has 2 aromatic carbocycles. The first kappa shape index (κ1) is 32.4. The number of piperidine rings is 1. The molecule has 0 bridgehead atoms. The van der Waals surface area contributed by atoms with Crippen LogP contribution in [0.4, 0.5) is 14.5 Å². The summed E-state index contributed by atoms with van der Waals surface area (Å²) in [6, 6.07) is 5.91. The van der Waals surface area contributed by atoms with E-state index in [4.69, 9.17) is 23.2 Å². The van der Waals surface area contributed by atoms with E-state index in [-0.39, 0.29) is 46.8 Å². The SMILES string of the molecule is C[C@@](O)(C(=O)N1CCC(N2CC(Nc3cc(Cl)c(C(=O)NS(C)(=O)=O)c(Cl)c3)C2)CC1)c1cc(F)cc(F)c1.S. The van der Waals surface area contributed by atoms with Crippen LogP contribution >= 0.6 is 36.7 Å². The van der Waals surface area contributed by atoms with Crippen LogP contribution in [0.2, 0.25) is 10.0 Å². The molecule has 9 nitrogen and oxygen atoms in total. The van der Waals surface area contributed by atoms with Gasteiger partial charge in [0.1, 0.15) is 11.6 Å². The van der Waals surface area contributed by atoms with Gasteiger partial charge in [0.25, 0.3) is 11.8 Å². The third-order valence-corrected chi connectivity index (χ3v) is 8.09. The van der Waals surface area contributed by atoms with Crippen LogP contribution < -0.4 is 10.0 Å². The van der Waals surface area contributed by atoms with Crippen molar-refractivity contribution in [2.75, 3.05) is 37.8 Å². The van der Waals surface area contributed by atoms with Crippen LogP contribution in [0, 0.1) is 11.6 Å². The van der Waals surface area contributed by atoms with Crippen molar-refractivity contribution in [1.29, 1.82) is 0 Å². The summed E-state index contributed by atoms with van der Waals surface area (Å²) in [4.78, 5) is 28.9. The number of benzene rings is 2. The minimum atomic E-state index is -3.78. The number of sulfonamides is 1. The predicted octanol–water partition coefficient (Wildman–Crippen LogP) is 3.07. The summed E-state index contributed by atoms with van der Waals surface area (Å²) >= 11 is 12.4. The smallest absolute Gasteiger partial charge is 0.267 e. The molecule has 40 heavy (non-hydrogen) atoms. The van der Waals surface area contributed by atoms with Crippen LogP contribution in [0.5, 0.6) is 0 Å². The molecule has 2 saturated heterocycles. The molecule has 2 aromatic rings. The first-order valence-corrected chi connectivity index (χ1v) is 14.8. The second-order valence-corrected chi connectivity index (χ2v) is 12.6. The third kappa shape index (κ3) is 7.37. The number of carbonyl (C=O) groups is 2. The lowest BCUT2D eigenvalue weighted by molar-refractivity contribution is -0.152. The Kier molecular flexibility index (Phi) is 10.0. The van der Waals surface area contributed by atoms with Crippen LogP contribution in [0.15, 0.2) is 30.3 Å². The molecule has 3 N–H and O–H groups in total. The average Bonchev–Trinajstić information content (AvgIpc) is 2.78. The maximum atomic E-state index is 13.6. The highest BCUT2D eigenvalue weighted by molar-refractivity contribution is 7.89. The summed E-state index contributed by atoms with van der Waals surface area (Å²) in [5.41, 5.74) is -1.73. The Bertz CT molecular complexity index is 1360. The van der Waals surface area contributed by atoms with Gasteiger partial charge < -0.3 is 15.3 Å². The predicted molar refractivity (Wildman–Crippen MR) is 154 cm³/mol. The minimum absolute atomic E-state index is 0. The molecule has 0 radical (unpaired) electrons. The summed E-state index contributed by atoms with van der Waals surface area (Å²) < 4.78 is 51.8. The van der Waals surface area contributed by atoms with E-state index >= 15 is 0 Å². The molecule has 0 unspecified atom stereocenters. The van der Waals surface area contributed by atoms with Gasteiger partial charge in [-0.3, -0.25) is 14.5 Å². The Morgan fingerprint density at radius 3 is 2.05 bits per heavy atom. The highest BCUT2D eigenvalue weighted by Gasteiger charge is 2.40. The van der Waals surface area contributed by atoms with E-state index in [1.54, 1.807) is 0 Å². The number of likely N-dealkylation sites (tertiary alicyclic amines) is 2. The summed E-state index contributed by atoms with van der Waals surface area (Å²) in [7, 11) is -3.78. The van der Waals surface area contributed by atoms with Gasteiger partial charge in [-0.15, -0.1) is 0 Å². The molecule has 2 aliphatic rings. The van der Waals surface area contributed by atoms with Gasteiger partial charge in [-0.2, -0.15) is 13.5 Å². The second kappa shape index (κ2) is 12.4. The van der Waals surface area contributed by atoms with Gasteiger partial charge >= 0.3 is 0 Å². The molecular weight excluding hydrogens is 609 g/mol. The average molecular weight is 640 g/mol. The van der Waals surface area contributed by atoms with Crippen molar-refractivity contribution < 1.29 is 31.9 Å². The summed E-state index contributed by atoms with van der Waals surface area (Å²) in [5.74, 6) is -3.24. The Morgan fingerprint density at radius 2 is 1.55 bits per heavy atom. The number of amides is 2. The standard InChI is InChI=1S/C25H28Cl2F2N4O5S.H2S/c1-25(36,14-7-15(28)9-16(29)8-14)24(35)32-5-3-19(4-6-32)33-12-18(13-33)30-17-10-20(26)22(21(27)11-17)23(34)31-39(2,37)38;/h7-11,18-19,30,36H,3-6,12-13H2,1-2H3,(H,31,34);1H2/t25-;/m0./s1. The molecule has 4 rings (SSSR count). The van der Waals surface area contributed by atoms with Gasteiger partial charge in [0.15, 0.2) is 5.60 Å². The highest BCUT2D eigenvalue weighted by atomic mass is 35.5. The van der Waals surface area contributed by atoms with E-state index in [2.05, 4.69) is 10.2 Å². The first-order valence-electron chi connectivity index (χ1n) is 12.1. The molecular formula is C25H30Cl2F2N4O5S2. The van der Waals surface area contributed by atoms with Gasteiger partial charge in [-0.05, 0) is 49.6 Å². The second-order valence-electron chi connectivity index (χ2n) is 10.1. The molecule has 2 heterocycles. The number of aliphatic hydroxyl groups is 1. The van der Waals surface area contributed by atoms with E-state index < -0.39 is 39.1 Å². The molecule has 0 aromatic heterocycles. The fourth-order valence-electron chi connectivity index (χ4n) is 4.93. The van der Waals surface area contributed by atoms with Crippen molar-refractivity contribution in [3.63, 3.8) is 0 Å². The Hall–Kier alpha value is -2.16. The Labute approximate surface area is 248 Å². The van der Waals surface area contributed by atoms with Crippen molar-refractivity contribution in [3.8, 4) is 0 Å². The third-order valence-electron chi connectivity index (χ3n) is 6.94. The summed E-state index contributed by atoms with van der Waals surface area (Å²) in [6.07, 6.45) is 2.20. The molecule has 0 spiro atoms. The normalized spacial score (nSPS) is 18.3. The number of nitrogens with one attached hydrogen (secondary N) is 2. The fourth-order valence-corrected chi connectivity index (χ4v) is 6.03. The van der Waals surface area contributed by atoms with Crippen LogP contribution in [-0.4, -0.2) is 79.7 Å². The zero-order valence-corrected chi connectivity index (χ0v) is 25.0. The zero-order valence-electron chi connectivity index (χ0n) is 21.7. The number of carbonyl (C=O) groups excluding carboxylic acids is 2. The first-order chi connectivity index (χ1) is 18.1. The maximum absolute atomic E-state index is 13.6. The highest BCUT2D eigenvalue weighted by Crippen LogP contribution is 2.32. The Balaban J connectivity index is 0.00000441. The monoisotopic (exact) mass is 638 g/mol. The molecule has 0 aliphatic carbocycles. The van der Waals surface area contributed by atoms with Crippen molar-refractivity contribution >= 4 is 64.2 Å². The molecule has 15 heteroatoms. The molecule has 220 valence electrons. The van der Waals surface area contributed by atoms with E-state index in [0.717, 1.165) is 18.4 Å². The van der Waals surface area contributed by atoms with Gasteiger partial charge in [-0.1, -0.05) is 23.2 Å². The quantitative estimate of drug-likeness (QED) is 0.426. The molecule has 1 atom stereocenters. The summed E-state index contributed by atoms with van der Waals surface area (Å²) in [5, 5.41) is 14.1. The van der Waals surface area contributed by atoms with Gasteiger partial charge in [-0.25, -0.2) is 21.9 Å². The van der Waals surface area contributed by atoms with Gasteiger partial charge in [0.2, 0.25) is 10.0 Å². The topological polar surface area (TPSA) is 119 Å². The fraction of sp³-hybridized carbons (Fsp3) is 0.440.